The molecule has 0 amide bonds. The first kappa shape index (κ1) is 14.3. The maximum absolute atomic E-state index is 11.7. The van der Waals surface area contributed by atoms with Crippen molar-refractivity contribution in [1.82, 2.24) is 0 Å². The quantitative estimate of drug-likeness (QED) is 0.839. The van der Waals surface area contributed by atoms with Gasteiger partial charge in [0.2, 0.25) is 0 Å². The van der Waals surface area contributed by atoms with Gasteiger partial charge in [-0.25, -0.2) is 0 Å². The predicted molar refractivity (Wildman–Crippen MR) is 77.3 cm³/mol. The number of carboxylic acid groups (broad SMARTS) is 1. The molecule has 2 rings (SSSR count). The van der Waals surface area contributed by atoms with Gasteiger partial charge in [-0.05, 0) is 48.8 Å². The van der Waals surface area contributed by atoms with Gasteiger partial charge in [0.25, 0.3) is 0 Å². The lowest BCUT2D eigenvalue weighted by Gasteiger charge is -2.39. The Balaban J connectivity index is 2.58. The largest absolute Gasteiger partial charge is 0.496 e. The van der Waals surface area contributed by atoms with Crippen LogP contribution in [0.15, 0.2) is 17.0 Å². The minimum atomic E-state index is -0.708. The van der Waals surface area contributed by atoms with Crippen molar-refractivity contribution in [2.45, 2.75) is 42.9 Å². The van der Waals surface area contributed by atoms with Crippen molar-refractivity contribution in [2.75, 3.05) is 13.4 Å². The van der Waals surface area contributed by atoms with Gasteiger partial charge in [0.05, 0.1) is 12.5 Å². The molecule has 1 aromatic rings. The number of methoxy groups -OCH3 is 1. The summed E-state index contributed by atoms with van der Waals surface area (Å²) in [6.07, 6.45) is 5.32. The van der Waals surface area contributed by atoms with E-state index in [1.54, 1.807) is 18.9 Å². The summed E-state index contributed by atoms with van der Waals surface area (Å²) in [7, 11) is 1.64. The highest BCUT2D eigenvalue weighted by atomic mass is 32.2. The van der Waals surface area contributed by atoms with Crippen LogP contribution in [0.1, 0.15) is 37.3 Å². The summed E-state index contributed by atoms with van der Waals surface area (Å²) in [4.78, 5) is 12.7. The van der Waals surface area contributed by atoms with Gasteiger partial charge in [-0.1, -0.05) is 13.3 Å². The molecule has 1 aliphatic rings. The van der Waals surface area contributed by atoms with Crippen LogP contribution in [0.2, 0.25) is 0 Å². The number of hydrogen-bond donors (Lipinski definition) is 1. The standard InChI is InChI=1S/C15H20O3S/c1-4-10-8-13(19-3)11(9-12(10)18-2)15(14(16)17)6-5-7-15/h8-9H,4-7H2,1-3H3,(H,16,17). The van der Waals surface area contributed by atoms with Crippen molar-refractivity contribution in [3.8, 4) is 5.75 Å². The Morgan fingerprint density at radius 3 is 2.53 bits per heavy atom. The number of rotatable bonds is 5. The van der Waals surface area contributed by atoms with Gasteiger partial charge in [-0.3, -0.25) is 4.79 Å². The Hall–Kier alpha value is -1.16. The van der Waals surface area contributed by atoms with Gasteiger partial charge >= 0.3 is 5.97 Å². The van der Waals surface area contributed by atoms with Crippen LogP contribution in [-0.2, 0) is 16.6 Å². The molecule has 0 radical (unpaired) electrons. The molecule has 0 unspecified atom stereocenters. The number of carboxylic acids is 1. The smallest absolute Gasteiger partial charge is 0.314 e. The lowest BCUT2D eigenvalue weighted by atomic mass is 9.64. The second-order valence-corrected chi connectivity index (χ2v) is 5.81. The van der Waals surface area contributed by atoms with Crippen LogP contribution in [0.25, 0.3) is 0 Å². The normalized spacial score (nSPS) is 16.8. The lowest BCUT2D eigenvalue weighted by molar-refractivity contribution is -0.147. The Bertz CT molecular complexity index is 492. The van der Waals surface area contributed by atoms with Gasteiger partial charge < -0.3 is 9.84 Å². The highest BCUT2D eigenvalue weighted by Gasteiger charge is 2.47. The third-order valence-electron chi connectivity index (χ3n) is 4.12. The van der Waals surface area contributed by atoms with Gasteiger partial charge in [0.1, 0.15) is 5.75 Å². The van der Waals surface area contributed by atoms with E-state index in [1.807, 2.05) is 12.3 Å². The van der Waals surface area contributed by atoms with E-state index in [4.69, 9.17) is 4.74 Å². The maximum atomic E-state index is 11.7. The summed E-state index contributed by atoms with van der Waals surface area (Å²) in [6.45, 7) is 2.08. The maximum Gasteiger partial charge on any atom is 0.314 e. The van der Waals surface area contributed by atoms with Crippen LogP contribution >= 0.6 is 11.8 Å². The number of benzene rings is 1. The van der Waals surface area contributed by atoms with Crippen LogP contribution in [0.5, 0.6) is 5.75 Å². The molecule has 0 heterocycles. The second-order valence-electron chi connectivity index (χ2n) is 4.96. The Kier molecular flexibility index (Phi) is 4.09. The minimum Gasteiger partial charge on any atom is -0.496 e. The number of aryl methyl sites for hydroxylation is 1. The SMILES string of the molecule is CCc1cc(SC)c(C2(C(=O)O)CCC2)cc1OC. The Morgan fingerprint density at radius 1 is 1.47 bits per heavy atom. The molecule has 1 fully saturated rings. The summed E-state index contributed by atoms with van der Waals surface area (Å²) in [5, 5.41) is 9.60. The van der Waals surface area contributed by atoms with Gasteiger partial charge in [0.15, 0.2) is 0 Å². The highest BCUT2D eigenvalue weighted by Crippen LogP contribution is 2.48. The van der Waals surface area contributed by atoms with E-state index in [0.29, 0.717) is 0 Å². The van der Waals surface area contributed by atoms with Gasteiger partial charge in [-0.2, -0.15) is 0 Å². The van der Waals surface area contributed by atoms with Crippen molar-refractivity contribution in [1.29, 1.82) is 0 Å². The molecule has 0 bridgehead atoms. The summed E-state index contributed by atoms with van der Waals surface area (Å²) >= 11 is 1.62. The third kappa shape index (κ3) is 2.22. The molecule has 0 aliphatic heterocycles. The van der Waals surface area contributed by atoms with Gasteiger partial charge in [0, 0.05) is 4.90 Å². The molecule has 0 atom stereocenters. The molecular formula is C15H20O3S. The molecule has 1 N–H and O–H groups in total. The van der Waals surface area contributed by atoms with Crippen molar-refractivity contribution >= 4 is 17.7 Å². The van der Waals surface area contributed by atoms with E-state index in [-0.39, 0.29) is 0 Å². The zero-order chi connectivity index (χ0) is 14.0. The molecule has 0 spiro atoms. The summed E-state index contributed by atoms with van der Waals surface area (Å²) < 4.78 is 5.42. The fourth-order valence-electron chi connectivity index (χ4n) is 2.74. The second kappa shape index (κ2) is 5.45. The fraction of sp³-hybridized carbons (Fsp3) is 0.533. The average Bonchev–Trinajstić information content (AvgIpc) is 2.36. The molecular weight excluding hydrogens is 260 g/mol. The van der Waals surface area contributed by atoms with Crippen molar-refractivity contribution in [3.05, 3.63) is 23.3 Å². The average molecular weight is 280 g/mol. The number of aliphatic carboxylic acids is 1. The third-order valence-corrected chi connectivity index (χ3v) is 4.89. The van der Waals surface area contributed by atoms with E-state index in [2.05, 4.69) is 13.0 Å². The van der Waals surface area contributed by atoms with Crippen LogP contribution in [-0.4, -0.2) is 24.4 Å². The minimum absolute atomic E-state index is 0.697. The first-order chi connectivity index (χ1) is 9.08. The van der Waals surface area contributed by atoms with Crippen molar-refractivity contribution in [2.24, 2.45) is 0 Å². The molecule has 0 saturated heterocycles. The Labute approximate surface area is 118 Å². The van der Waals surface area contributed by atoms with E-state index in [9.17, 15) is 9.90 Å². The summed E-state index contributed by atoms with van der Waals surface area (Å²) in [6, 6.07) is 4.03. The lowest BCUT2D eigenvalue weighted by Crippen LogP contribution is -2.42. The molecule has 104 valence electrons. The molecule has 0 aromatic heterocycles. The molecule has 19 heavy (non-hydrogen) atoms. The predicted octanol–water partition coefficient (Wildman–Crippen LogP) is 3.49. The topological polar surface area (TPSA) is 46.5 Å². The van der Waals surface area contributed by atoms with E-state index in [0.717, 1.165) is 47.5 Å². The monoisotopic (exact) mass is 280 g/mol. The molecule has 4 heteroatoms. The fourth-order valence-corrected chi connectivity index (χ4v) is 3.47. The van der Waals surface area contributed by atoms with Crippen LogP contribution < -0.4 is 4.74 Å². The van der Waals surface area contributed by atoms with Gasteiger partial charge in [-0.15, -0.1) is 11.8 Å². The molecule has 1 saturated carbocycles. The number of hydrogen-bond acceptors (Lipinski definition) is 3. The first-order valence-electron chi connectivity index (χ1n) is 6.57. The summed E-state index contributed by atoms with van der Waals surface area (Å²) in [5.74, 6) is 0.100. The zero-order valence-electron chi connectivity index (χ0n) is 11.7. The highest BCUT2D eigenvalue weighted by molar-refractivity contribution is 7.98. The van der Waals surface area contributed by atoms with Crippen LogP contribution in [0.4, 0.5) is 0 Å². The van der Waals surface area contributed by atoms with Crippen molar-refractivity contribution < 1.29 is 14.6 Å². The number of thioether (sulfide) groups is 1. The van der Waals surface area contributed by atoms with Crippen LogP contribution in [0, 0.1) is 0 Å². The molecule has 1 aromatic carbocycles. The summed E-state index contributed by atoms with van der Waals surface area (Å²) in [5.41, 5.74) is 1.36. The zero-order valence-corrected chi connectivity index (χ0v) is 12.5. The molecule has 1 aliphatic carbocycles. The van der Waals surface area contributed by atoms with Crippen molar-refractivity contribution in [3.63, 3.8) is 0 Å². The van der Waals surface area contributed by atoms with E-state index in [1.165, 1.54) is 0 Å². The number of ether oxygens (including phenoxy) is 1. The Morgan fingerprint density at radius 2 is 2.16 bits per heavy atom. The van der Waals surface area contributed by atoms with E-state index >= 15 is 0 Å². The van der Waals surface area contributed by atoms with E-state index < -0.39 is 11.4 Å². The first-order valence-corrected chi connectivity index (χ1v) is 7.80. The number of carbonyl (C=O) groups is 1. The van der Waals surface area contributed by atoms with Crippen LogP contribution in [0.3, 0.4) is 0 Å². The molecule has 3 nitrogen and oxygen atoms in total.